The third kappa shape index (κ3) is 5.99. The van der Waals surface area contributed by atoms with Gasteiger partial charge in [0.25, 0.3) is 0 Å². The number of aliphatic carboxylic acids is 1. The molecule has 1 saturated heterocycles. The fourth-order valence-electron chi connectivity index (χ4n) is 4.78. The lowest BCUT2D eigenvalue weighted by Crippen LogP contribution is -2.46. The highest BCUT2D eigenvalue weighted by Gasteiger charge is 2.44. The predicted octanol–water partition coefficient (Wildman–Crippen LogP) is 3.79. The number of carboxylic acids is 1. The van der Waals surface area contributed by atoms with Crippen molar-refractivity contribution in [1.29, 1.82) is 0 Å². The first-order chi connectivity index (χ1) is 14.7. The van der Waals surface area contributed by atoms with Gasteiger partial charge in [-0.1, -0.05) is 30.3 Å². The van der Waals surface area contributed by atoms with Gasteiger partial charge in [0.1, 0.15) is 11.6 Å². The Hall–Kier alpha value is -2.57. The number of carbonyl (C=O) groups excluding carboxylic acids is 2. The zero-order valence-electron chi connectivity index (χ0n) is 18.7. The molecule has 1 heterocycles. The van der Waals surface area contributed by atoms with E-state index in [2.05, 4.69) is 5.32 Å². The van der Waals surface area contributed by atoms with Crippen LogP contribution in [0.5, 0.6) is 0 Å². The maximum Gasteiger partial charge on any atom is 0.407 e. The fourth-order valence-corrected chi connectivity index (χ4v) is 4.78. The molecule has 2 N–H and O–H groups in total. The van der Waals surface area contributed by atoms with Gasteiger partial charge in [-0.3, -0.25) is 4.79 Å². The van der Waals surface area contributed by atoms with Gasteiger partial charge < -0.3 is 20.1 Å². The minimum atomic E-state index is -0.935. The van der Waals surface area contributed by atoms with E-state index in [0.717, 1.165) is 31.2 Å². The Labute approximate surface area is 184 Å². The number of nitrogens with one attached hydrogen (secondary N) is 1. The highest BCUT2D eigenvalue weighted by molar-refractivity contribution is 5.86. The number of hydrogen-bond donors (Lipinski definition) is 2. The molecule has 2 amide bonds. The Bertz CT molecular complexity index is 781. The van der Waals surface area contributed by atoms with Crippen LogP contribution in [-0.2, 0) is 14.3 Å². The molecule has 2 aliphatic rings. The van der Waals surface area contributed by atoms with Crippen molar-refractivity contribution < 1.29 is 24.2 Å². The van der Waals surface area contributed by atoms with Crippen molar-refractivity contribution in [3.8, 4) is 0 Å². The lowest BCUT2D eigenvalue weighted by molar-refractivity contribution is -0.151. The average Bonchev–Trinajstić information content (AvgIpc) is 3.17. The van der Waals surface area contributed by atoms with Crippen LogP contribution >= 0.6 is 0 Å². The Morgan fingerprint density at radius 1 is 1.06 bits per heavy atom. The smallest absolute Gasteiger partial charge is 0.407 e. The summed E-state index contributed by atoms with van der Waals surface area (Å²) in [6.45, 7) is 6.50. The van der Waals surface area contributed by atoms with Crippen molar-refractivity contribution in [3.63, 3.8) is 0 Å². The van der Waals surface area contributed by atoms with Crippen molar-refractivity contribution in [2.24, 2.45) is 11.8 Å². The van der Waals surface area contributed by atoms with Gasteiger partial charge in [-0.25, -0.2) is 9.59 Å². The zero-order valence-corrected chi connectivity index (χ0v) is 18.7. The first kappa shape index (κ1) is 23.1. The molecule has 7 heteroatoms. The van der Waals surface area contributed by atoms with E-state index >= 15 is 0 Å². The number of hydrogen-bond acceptors (Lipinski definition) is 4. The summed E-state index contributed by atoms with van der Waals surface area (Å²) in [6.07, 6.45) is 3.36. The van der Waals surface area contributed by atoms with Crippen LogP contribution in [0, 0.1) is 11.8 Å². The molecule has 31 heavy (non-hydrogen) atoms. The third-order valence-electron chi connectivity index (χ3n) is 6.29. The summed E-state index contributed by atoms with van der Waals surface area (Å²) in [5, 5.41) is 12.7. The quantitative estimate of drug-likeness (QED) is 0.741. The predicted molar refractivity (Wildman–Crippen MR) is 117 cm³/mol. The van der Waals surface area contributed by atoms with Crippen LogP contribution < -0.4 is 5.32 Å². The zero-order chi connectivity index (χ0) is 22.6. The molecule has 1 saturated carbocycles. The molecule has 2 atom stereocenters. The maximum absolute atomic E-state index is 13.2. The highest BCUT2D eigenvalue weighted by atomic mass is 16.6. The summed E-state index contributed by atoms with van der Waals surface area (Å²) in [7, 11) is 0. The van der Waals surface area contributed by atoms with E-state index in [1.54, 1.807) is 4.90 Å². The molecule has 1 aromatic carbocycles. The van der Waals surface area contributed by atoms with Crippen LogP contribution in [0.4, 0.5) is 4.79 Å². The summed E-state index contributed by atoms with van der Waals surface area (Å²) in [5.74, 6) is -0.979. The first-order valence-corrected chi connectivity index (χ1v) is 11.2. The Morgan fingerprint density at radius 2 is 1.71 bits per heavy atom. The molecule has 3 rings (SSSR count). The molecule has 170 valence electrons. The Kier molecular flexibility index (Phi) is 7.23. The van der Waals surface area contributed by atoms with Crippen LogP contribution in [0.3, 0.4) is 0 Å². The summed E-state index contributed by atoms with van der Waals surface area (Å²) in [5.41, 5.74) is 0.449. The molecular formula is C24H34N2O5. The van der Waals surface area contributed by atoms with E-state index in [1.807, 2.05) is 51.1 Å². The van der Waals surface area contributed by atoms with E-state index in [4.69, 9.17) is 4.74 Å². The van der Waals surface area contributed by atoms with E-state index in [-0.39, 0.29) is 17.7 Å². The molecule has 2 fully saturated rings. The van der Waals surface area contributed by atoms with Gasteiger partial charge in [0, 0.05) is 24.9 Å². The van der Waals surface area contributed by atoms with Crippen LogP contribution in [-0.4, -0.2) is 52.7 Å². The van der Waals surface area contributed by atoms with Gasteiger partial charge in [0.05, 0.1) is 0 Å². The lowest BCUT2D eigenvalue weighted by Gasteiger charge is -2.33. The number of carbonyl (C=O) groups is 3. The molecule has 0 radical (unpaired) electrons. The molecule has 0 bridgehead atoms. The van der Waals surface area contributed by atoms with E-state index in [9.17, 15) is 19.5 Å². The number of ether oxygens (including phenoxy) is 1. The van der Waals surface area contributed by atoms with Crippen LogP contribution in [0.1, 0.15) is 64.4 Å². The van der Waals surface area contributed by atoms with E-state index in [1.165, 1.54) is 0 Å². The highest BCUT2D eigenvalue weighted by Crippen LogP contribution is 2.37. The average molecular weight is 431 g/mol. The summed E-state index contributed by atoms with van der Waals surface area (Å²) >= 11 is 0. The van der Waals surface area contributed by atoms with Gasteiger partial charge in [-0.2, -0.15) is 0 Å². The van der Waals surface area contributed by atoms with Crippen molar-refractivity contribution in [2.45, 2.75) is 70.4 Å². The lowest BCUT2D eigenvalue weighted by atomic mass is 9.81. The molecular weight excluding hydrogens is 396 g/mol. The van der Waals surface area contributed by atoms with Crippen LogP contribution in [0.25, 0.3) is 0 Å². The number of benzene rings is 1. The fraction of sp³-hybridized carbons (Fsp3) is 0.625. The van der Waals surface area contributed by atoms with Crippen molar-refractivity contribution >= 4 is 18.0 Å². The van der Waals surface area contributed by atoms with Crippen molar-refractivity contribution in [2.75, 3.05) is 13.1 Å². The second-order valence-electron chi connectivity index (χ2n) is 9.72. The second kappa shape index (κ2) is 9.71. The standard InChI is InChI=1S/C24H34N2O5/c1-24(2,3)31-23(30)25-15-16-9-11-18(12-10-16)21(27)26-14-13-19(20(26)22(28)29)17-7-5-4-6-8-17/h4-8,16,18-20H,9-15H2,1-3H3,(H,25,30)(H,28,29)/t16-,18-,19-,20-/m0/s1. The number of rotatable bonds is 5. The first-order valence-electron chi connectivity index (χ1n) is 11.2. The number of amides is 2. The SMILES string of the molecule is CC(C)(C)OC(=O)NC[C@H]1CC[C@H](C(=O)N2CC[C@@H](c3ccccc3)[C@H]2C(=O)O)CC1. The molecule has 1 aliphatic carbocycles. The second-order valence-corrected chi connectivity index (χ2v) is 9.72. The van der Waals surface area contributed by atoms with E-state index in [0.29, 0.717) is 25.4 Å². The normalized spacial score (nSPS) is 26.4. The molecule has 1 aliphatic heterocycles. The molecule has 0 aromatic heterocycles. The maximum atomic E-state index is 13.2. The Balaban J connectivity index is 1.53. The molecule has 7 nitrogen and oxygen atoms in total. The number of likely N-dealkylation sites (tertiary alicyclic amines) is 1. The van der Waals surface area contributed by atoms with Crippen LogP contribution in [0.2, 0.25) is 0 Å². The van der Waals surface area contributed by atoms with Gasteiger partial charge in [0.15, 0.2) is 0 Å². The van der Waals surface area contributed by atoms with Crippen molar-refractivity contribution in [1.82, 2.24) is 10.2 Å². The molecule has 1 aromatic rings. The number of nitrogens with zero attached hydrogens (tertiary/aromatic N) is 1. The van der Waals surface area contributed by atoms with Gasteiger partial charge in [-0.15, -0.1) is 0 Å². The number of alkyl carbamates (subject to hydrolysis) is 1. The Morgan fingerprint density at radius 3 is 2.29 bits per heavy atom. The minimum Gasteiger partial charge on any atom is -0.480 e. The van der Waals surface area contributed by atoms with Gasteiger partial charge in [-0.05, 0) is 64.4 Å². The van der Waals surface area contributed by atoms with Crippen molar-refractivity contribution in [3.05, 3.63) is 35.9 Å². The summed E-state index contributed by atoms with van der Waals surface area (Å²) in [6, 6.07) is 8.81. The minimum absolute atomic E-state index is 0.0376. The van der Waals surface area contributed by atoms with Crippen LogP contribution in [0.15, 0.2) is 30.3 Å². The molecule has 0 unspecified atom stereocenters. The van der Waals surface area contributed by atoms with E-state index < -0.39 is 23.7 Å². The van der Waals surface area contributed by atoms with Gasteiger partial charge >= 0.3 is 12.1 Å². The largest absolute Gasteiger partial charge is 0.480 e. The topological polar surface area (TPSA) is 95.9 Å². The monoisotopic (exact) mass is 430 g/mol. The summed E-state index contributed by atoms with van der Waals surface area (Å²) < 4.78 is 5.27. The van der Waals surface area contributed by atoms with Gasteiger partial charge in [0.2, 0.25) is 5.91 Å². The number of carboxylic acid groups (broad SMARTS) is 1. The summed E-state index contributed by atoms with van der Waals surface area (Å²) in [4.78, 5) is 38.7. The third-order valence-corrected chi connectivity index (χ3v) is 6.29. The molecule has 0 spiro atoms.